The smallest absolute Gasteiger partial charge is 0.152 e. The summed E-state index contributed by atoms with van der Waals surface area (Å²) >= 11 is 0. The topological polar surface area (TPSA) is 32.6 Å². The third-order valence-electron chi connectivity index (χ3n) is 3.92. The second-order valence-corrected chi connectivity index (χ2v) is 5.73. The minimum Gasteiger partial charge on any atom is -0.355 e. The Morgan fingerprint density at radius 2 is 2.25 bits per heavy atom. The van der Waals surface area contributed by atoms with Crippen molar-refractivity contribution in [2.45, 2.75) is 32.7 Å². The molecule has 1 aliphatic carbocycles. The van der Waals surface area contributed by atoms with E-state index < -0.39 is 0 Å². The van der Waals surface area contributed by atoms with Gasteiger partial charge in [0.25, 0.3) is 0 Å². The molecule has 0 amide bonds. The first-order valence-electron chi connectivity index (χ1n) is 7.69. The van der Waals surface area contributed by atoms with E-state index in [1.54, 1.807) is 0 Å². The highest BCUT2D eigenvalue weighted by Crippen LogP contribution is 2.32. The lowest BCUT2D eigenvalue weighted by Crippen LogP contribution is -2.28. The summed E-state index contributed by atoms with van der Waals surface area (Å²) in [5.41, 5.74) is 2.32. The van der Waals surface area contributed by atoms with Gasteiger partial charge in [-0.05, 0) is 44.4 Å². The standard InChI is InChI=1S/C16H24N4/c1-3-9-19(12-13-7-8-13)16-14(11-17-2)20-10-5-4-6-15(20)18-16/h4-6,10,13,17H,3,7-9,11-12H2,1-2H3. The molecule has 1 aliphatic rings. The van der Waals surface area contributed by atoms with Gasteiger partial charge in [0, 0.05) is 25.8 Å². The van der Waals surface area contributed by atoms with Gasteiger partial charge in [0.1, 0.15) is 5.65 Å². The number of hydrogen-bond acceptors (Lipinski definition) is 3. The van der Waals surface area contributed by atoms with E-state index >= 15 is 0 Å². The van der Waals surface area contributed by atoms with Crippen molar-refractivity contribution in [3.05, 3.63) is 30.1 Å². The number of nitrogens with zero attached hydrogens (tertiary/aromatic N) is 3. The highest BCUT2D eigenvalue weighted by Gasteiger charge is 2.26. The number of pyridine rings is 1. The maximum absolute atomic E-state index is 4.88. The summed E-state index contributed by atoms with van der Waals surface area (Å²) < 4.78 is 2.21. The number of anilines is 1. The van der Waals surface area contributed by atoms with Gasteiger partial charge in [0.2, 0.25) is 0 Å². The average Bonchev–Trinajstić information content (AvgIpc) is 3.20. The minimum absolute atomic E-state index is 0.853. The van der Waals surface area contributed by atoms with Crippen LogP contribution in [0.3, 0.4) is 0 Å². The molecule has 2 aromatic rings. The maximum Gasteiger partial charge on any atom is 0.152 e. The lowest BCUT2D eigenvalue weighted by atomic mass is 10.3. The van der Waals surface area contributed by atoms with Gasteiger partial charge in [0.05, 0.1) is 5.69 Å². The van der Waals surface area contributed by atoms with Gasteiger partial charge < -0.3 is 14.6 Å². The van der Waals surface area contributed by atoms with Crippen molar-refractivity contribution in [2.24, 2.45) is 5.92 Å². The molecule has 1 fully saturated rings. The first-order valence-corrected chi connectivity index (χ1v) is 7.69. The molecule has 0 spiro atoms. The van der Waals surface area contributed by atoms with Gasteiger partial charge in [-0.2, -0.15) is 0 Å². The normalized spacial score (nSPS) is 14.9. The monoisotopic (exact) mass is 272 g/mol. The summed E-state index contributed by atoms with van der Waals surface area (Å²) in [6, 6.07) is 6.22. The van der Waals surface area contributed by atoms with Crippen molar-refractivity contribution in [2.75, 3.05) is 25.0 Å². The molecule has 0 bridgehead atoms. The molecule has 2 heterocycles. The second kappa shape index (κ2) is 5.83. The van der Waals surface area contributed by atoms with E-state index in [-0.39, 0.29) is 0 Å². The van der Waals surface area contributed by atoms with Crippen molar-refractivity contribution < 1.29 is 0 Å². The summed E-state index contributed by atoms with van der Waals surface area (Å²) in [5, 5.41) is 3.28. The van der Waals surface area contributed by atoms with Crippen LogP contribution in [0.15, 0.2) is 24.4 Å². The van der Waals surface area contributed by atoms with E-state index in [4.69, 9.17) is 4.98 Å². The van der Waals surface area contributed by atoms with Crippen LogP contribution in [-0.4, -0.2) is 29.5 Å². The van der Waals surface area contributed by atoms with Crippen LogP contribution < -0.4 is 10.2 Å². The van der Waals surface area contributed by atoms with Crippen LogP contribution in [0.4, 0.5) is 5.82 Å². The lowest BCUT2D eigenvalue weighted by molar-refractivity contribution is 0.689. The van der Waals surface area contributed by atoms with Gasteiger partial charge in [-0.1, -0.05) is 13.0 Å². The minimum atomic E-state index is 0.853. The number of fused-ring (bicyclic) bond motifs is 1. The van der Waals surface area contributed by atoms with E-state index in [1.807, 2.05) is 7.05 Å². The zero-order valence-corrected chi connectivity index (χ0v) is 12.5. The fourth-order valence-corrected chi connectivity index (χ4v) is 2.78. The molecule has 1 saturated carbocycles. The lowest BCUT2D eigenvalue weighted by Gasteiger charge is -2.23. The molecule has 0 unspecified atom stereocenters. The molecule has 108 valence electrons. The fourth-order valence-electron chi connectivity index (χ4n) is 2.78. The Bertz CT molecular complexity index is 571. The van der Waals surface area contributed by atoms with E-state index in [2.05, 4.69) is 45.9 Å². The number of imidazole rings is 1. The molecule has 0 radical (unpaired) electrons. The van der Waals surface area contributed by atoms with E-state index in [1.165, 1.54) is 30.8 Å². The van der Waals surface area contributed by atoms with E-state index in [9.17, 15) is 0 Å². The van der Waals surface area contributed by atoms with Crippen molar-refractivity contribution >= 4 is 11.5 Å². The summed E-state index contributed by atoms with van der Waals surface area (Å²) in [5.74, 6) is 2.05. The molecular weight excluding hydrogens is 248 g/mol. The largest absolute Gasteiger partial charge is 0.355 e. The fraction of sp³-hybridized carbons (Fsp3) is 0.562. The first-order chi connectivity index (χ1) is 9.83. The number of aromatic nitrogens is 2. The molecule has 0 aliphatic heterocycles. The van der Waals surface area contributed by atoms with Crippen LogP contribution in [0.2, 0.25) is 0 Å². The van der Waals surface area contributed by atoms with Crippen LogP contribution in [0.1, 0.15) is 31.9 Å². The molecule has 0 aromatic carbocycles. The average molecular weight is 272 g/mol. The number of rotatable bonds is 7. The van der Waals surface area contributed by atoms with Gasteiger partial charge in [-0.3, -0.25) is 0 Å². The quantitative estimate of drug-likeness (QED) is 0.841. The van der Waals surface area contributed by atoms with E-state index in [0.29, 0.717) is 0 Å². The Labute approximate surface area is 120 Å². The van der Waals surface area contributed by atoms with Gasteiger partial charge in [-0.15, -0.1) is 0 Å². The highest BCUT2D eigenvalue weighted by atomic mass is 15.2. The first kappa shape index (κ1) is 13.4. The van der Waals surface area contributed by atoms with Gasteiger partial charge in [0.15, 0.2) is 5.82 Å². The van der Waals surface area contributed by atoms with Crippen LogP contribution in [0, 0.1) is 5.92 Å². The van der Waals surface area contributed by atoms with Crippen LogP contribution in [-0.2, 0) is 6.54 Å². The molecule has 0 saturated heterocycles. The molecule has 20 heavy (non-hydrogen) atoms. The Morgan fingerprint density at radius 1 is 1.40 bits per heavy atom. The van der Waals surface area contributed by atoms with Crippen molar-refractivity contribution in [3.63, 3.8) is 0 Å². The third-order valence-corrected chi connectivity index (χ3v) is 3.92. The molecule has 3 rings (SSSR count). The van der Waals surface area contributed by atoms with Gasteiger partial charge >= 0.3 is 0 Å². The molecule has 1 N–H and O–H groups in total. The Balaban J connectivity index is 1.99. The zero-order chi connectivity index (χ0) is 13.9. The Hall–Kier alpha value is -1.55. The summed E-state index contributed by atoms with van der Waals surface area (Å²) in [6.45, 7) is 5.35. The number of hydrogen-bond donors (Lipinski definition) is 1. The predicted molar refractivity (Wildman–Crippen MR) is 83.2 cm³/mol. The zero-order valence-electron chi connectivity index (χ0n) is 12.5. The molecule has 4 heteroatoms. The highest BCUT2D eigenvalue weighted by molar-refractivity contribution is 5.56. The molecule has 4 nitrogen and oxygen atoms in total. The molecular formula is C16H24N4. The molecule has 0 atom stereocenters. The SMILES string of the molecule is CCCN(CC1CC1)c1nc2ccccn2c1CNC. The van der Waals surface area contributed by atoms with Crippen LogP contribution in [0.25, 0.3) is 5.65 Å². The molecule has 2 aromatic heterocycles. The third kappa shape index (κ3) is 2.66. The number of nitrogens with one attached hydrogen (secondary N) is 1. The predicted octanol–water partition coefficient (Wildman–Crippen LogP) is 2.68. The van der Waals surface area contributed by atoms with Crippen molar-refractivity contribution in [1.82, 2.24) is 14.7 Å². The van der Waals surface area contributed by atoms with Gasteiger partial charge in [-0.25, -0.2) is 4.98 Å². The second-order valence-electron chi connectivity index (χ2n) is 5.73. The maximum atomic E-state index is 4.88. The van der Waals surface area contributed by atoms with Crippen LogP contribution >= 0.6 is 0 Å². The Kier molecular flexibility index (Phi) is 3.92. The Morgan fingerprint density at radius 3 is 2.95 bits per heavy atom. The van der Waals surface area contributed by atoms with Crippen LogP contribution in [0.5, 0.6) is 0 Å². The summed E-state index contributed by atoms with van der Waals surface area (Å²) in [6.07, 6.45) is 6.04. The summed E-state index contributed by atoms with van der Waals surface area (Å²) in [4.78, 5) is 7.36. The van der Waals surface area contributed by atoms with E-state index in [0.717, 1.165) is 31.2 Å². The summed E-state index contributed by atoms with van der Waals surface area (Å²) in [7, 11) is 2.00. The van der Waals surface area contributed by atoms with Crippen molar-refractivity contribution in [1.29, 1.82) is 0 Å². The van der Waals surface area contributed by atoms with Crippen molar-refractivity contribution in [3.8, 4) is 0 Å².